The van der Waals surface area contributed by atoms with E-state index in [1.807, 2.05) is 0 Å². The van der Waals surface area contributed by atoms with E-state index in [4.69, 9.17) is 11.6 Å². The van der Waals surface area contributed by atoms with Crippen molar-refractivity contribution < 1.29 is 0 Å². The van der Waals surface area contributed by atoms with E-state index in [9.17, 15) is 0 Å². The van der Waals surface area contributed by atoms with Crippen LogP contribution >= 0.6 is 22.9 Å². The van der Waals surface area contributed by atoms with Gasteiger partial charge in [0.05, 0.1) is 5.51 Å². The van der Waals surface area contributed by atoms with Gasteiger partial charge in [-0.2, -0.15) is 4.98 Å². The molecule has 7 heteroatoms. The maximum absolute atomic E-state index is 6.05. The first-order valence-electron chi connectivity index (χ1n) is 7.89. The number of nitrogens with one attached hydrogen (secondary N) is 2. The van der Waals surface area contributed by atoms with Gasteiger partial charge in [-0.15, -0.1) is 11.3 Å². The van der Waals surface area contributed by atoms with Crippen LogP contribution in [0.5, 0.6) is 0 Å². The number of fused-ring (bicyclic) bond motifs is 4. The van der Waals surface area contributed by atoms with Crippen LogP contribution in [0.1, 0.15) is 17.7 Å². The Kier molecular flexibility index (Phi) is 3.21. The average Bonchev–Trinajstić information content (AvgIpc) is 3.19. The molecule has 0 aliphatic heterocycles. The average molecular weight is 356 g/mol. The van der Waals surface area contributed by atoms with E-state index in [0.717, 1.165) is 35.4 Å². The third kappa shape index (κ3) is 2.25. The SMILES string of the molecule is Clc1nc(N[C@@H]2CCc3[nH]c4ccccc4c3C2)c2ncsc2n1. The monoisotopic (exact) mass is 355 g/mol. The number of hydrogen-bond donors (Lipinski definition) is 2. The molecule has 5 rings (SSSR count). The minimum absolute atomic E-state index is 0.262. The smallest absolute Gasteiger partial charge is 0.225 e. The summed E-state index contributed by atoms with van der Waals surface area (Å²) in [6.07, 6.45) is 3.04. The Morgan fingerprint density at radius 2 is 2.17 bits per heavy atom. The quantitative estimate of drug-likeness (QED) is 0.529. The molecule has 1 atom stereocenters. The summed E-state index contributed by atoms with van der Waals surface area (Å²) in [5.74, 6) is 0.736. The first-order valence-corrected chi connectivity index (χ1v) is 9.15. The molecule has 5 nitrogen and oxygen atoms in total. The van der Waals surface area contributed by atoms with E-state index in [2.05, 4.69) is 49.5 Å². The molecule has 120 valence electrons. The molecular formula is C17H14ClN5S. The number of rotatable bonds is 2. The third-order valence-electron chi connectivity index (χ3n) is 4.61. The molecule has 0 saturated carbocycles. The summed E-state index contributed by atoms with van der Waals surface area (Å²) in [4.78, 5) is 17.3. The molecule has 0 saturated heterocycles. The number of aromatic nitrogens is 4. The van der Waals surface area contributed by atoms with Crippen molar-refractivity contribution in [2.45, 2.75) is 25.3 Å². The fourth-order valence-corrected chi connectivity index (χ4v) is 4.40. The van der Waals surface area contributed by atoms with E-state index in [-0.39, 0.29) is 5.28 Å². The molecule has 3 heterocycles. The maximum atomic E-state index is 6.05. The Hall–Kier alpha value is -2.18. The first-order chi connectivity index (χ1) is 11.8. The highest BCUT2D eigenvalue weighted by Gasteiger charge is 2.23. The lowest BCUT2D eigenvalue weighted by Crippen LogP contribution is -2.27. The van der Waals surface area contributed by atoms with Gasteiger partial charge in [0.1, 0.15) is 5.52 Å². The minimum Gasteiger partial charge on any atom is -0.365 e. The fraction of sp³-hybridized carbons (Fsp3) is 0.235. The molecule has 4 aromatic rings. The Labute approximate surface area is 147 Å². The summed E-state index contributed by atoms with van der Waals surface area (Å²) in [6, 6.07) is 8.80. The molecule has 0 radical (unpaired) electrons. The number of anilines is 1. The van der Waals surface area contributed by atoms with Crippen LogP contribution in [0, 0.1) is 0 Å². The lowest BCUT2D eigenvalue weighted by molar-refractivity contribution is 0.606. The number of halogens is 1. The standard InChI is InChI=1S/C17H14ClN5S/c18-17-22-15(14-16(23-17)24-8-19-14)20-9-5-6-13-11(7-9)10-3-1-2-4-12(10)21-13/h1-4,8-9,21H,5-7H2,(H,20,22,23)/t9-/m1/s1. The lowest BCUT2D eigenvalue weighted by atomic mass is 9.91. The van der Waals surface area contributed by atoms with Gasteiger partial charge in [0.25, 0.3) is 0 Å². The third-order valence-corrected chi connectivity index (χ3v) is 5.49. The molecule has 1 aliphatic rings. The summed E-state index contributed by atoms with van der Waals surface area (Å²) < 4.78 is 0. The van der Waals surface area contributed by atoms with Crippen LogP contribution in [0.2, 0.25) is 5.28 Å². The van der Waals surface area contributed by atoms with Crippen LogP contribution in [0.15, 0.2) is 29.8 Å². The zero-order chi connectivity index (χ0) is 16.1. The van der Waals surface area contributed by atoms with E-state index in [0.29, 0.717) is 6.04 Å². The van der Waals surface area contributed by atoms with Gasteiger partial charge in [-0.25, -0.2) is 9.97 Å². The van der Waals surface area contributed by atoms with Gasteiger partial charge in [0, 0.05) is 22.6 Å². The Balaban J connectivity index is 1.49. The second kappa shape index (κ2) is 5.43. The molecule has 0 spiro atoms. The number of thiazole rings is 1. The van der Waals surface area contributed by atoms with Crippen molar-refractivity contribution in [1.29, 1.82) is 0 Å². The first kappa shape index (κ1) is 14.2. The highest BCUT2D eigenvalue weighted by Crippen LogP contribution is 2.31. The molecule has 0 fully saturated rings. The van der Waals surface area contributed by atoms with E-state index in [1.54, 1.807) is 5.51 Å². The number of H-pyrrole nitrogens is 1. The van der Waals surface area contributed by atoms with Crippen LogP contribution in [0.4, 0.5) is 5.82 Å². The van der Waals surface area contributed by atoms with Gasteiger partial charge in [0.2, 0.25) is 5.28 Å². The summed E-state index contributed by atoms with van der Waals surface area (Å²) in [6.45, 7) is 0. The van der Waals surface area contributed by atoms with Crippen LogP contribution < -0.4 is 5.32 Å². The fourth-order valence-electron chi connectivity index (χ4n) is 3.52. The molecule has 3 aromatic heterocycles. The van der Waals surface area contributed by atoms with Crippen LogP contribution in [0.3, 0.4) is 0 Å². The molecule has 1 aromatic carbocycles. The van der Waals surface area contributed by atoms with Gasteiger partial charge in [-0.3, -0.25) is 0 Å². The Bertz CT molecular complexity index is 1050. The highest BCUT2D eigenvalue weighted by atomic mass is 35.5. The lowest BCUT2D eigenvalue weighted by Gasteiger charge is -2.24. The Morgan fingerprint density at radius 1 is 1.25 bits per heavy atom. The summed E-state index contributed by atoms with van der Waals surface area (Å²) in [5.41, 5.74) is 6.56. The van der Waals surface area contributed by atoms with Gasteiger partial charge in [-0.05, 0) is 42.5 Å². The predicted octanol–water partition coefficient (Wildman–Crippen LogP) is 4.19. The molecule has 24 heavy (non-hydrogen) atoms. The number of nitrogens with zero attached hydrogens (tertiary/aromatic N) is 3. The topological polar surface area (TPSA) is 66.5 Å². The molecular weight excluding hydrogens is 342 g/mol. The number of benzene rings is 1. The van der Waals surface area contributed by atoms with Crippen LogP contribution in [0.25, 0.3) is 21.3 Å². The minimum atomic E-state index is 0.262. The van der Waals surface area contributed by atoms with Crippen molar-refractivity contribution in [3.05, 3.63) is 46.3 Å². The molecule has 0 unspecified atom stereocenters. The largest absolute Gasteiger partial charge is 0.365 e. The van der Waals surface area contributed by atoms with E-state index >= 15 is 0 Å². The highest BCUT2D eigenvalue weighted by molar-refractivity contribution is 7.16. The second-order valence-corrected chi connectivity index (χ2v) is 7.23. The number of para-hydroxylation sites is 1. The van der Waals surface area contributed by atoms with Crippen molar-refractivity contribution in [3.63, 3.8) is 0 Å². The van der Waals surface area contributed by atoms with Gasteiger partial charge in [-0.1, -0.05) is 18.2 Å². The number of aryl methyl sites for hydroxylation is 1. The zero-order valence-electron chi connectivity index (χ0n) is 12.7. The van der Waals surface area contributed by atoms with E-state index in [1.165, 1.54) is 33.5 Å². The van der Waals surface area contributed by atoms with Gasteiger partial charge >= 0.3 is 0 Å². The van der Waals surface area contributed by atoms with Crippen molar-refractivity contribution in [3.8, 4) is 0 Å². The number of aromatic amines is 1. The molecule has 0 bridgehead atoms. The maximum Gasteiger partial charge on any atom is 0.225 e. The Morgan fingerprint density at radius 3 is 3.12 bits per heavy atom. The van der Waals surface area contributed by atoms with Crippen molar-refractivity contribution in [2.75, 3.05) is 5.32 Å². The zero-order valence-corrected chi connectivity index (χ0v) is 14.3. The summed E-state index contributed by atoms with van der Waals surface area (Å²) >= 11 is 7.53. The van der Waals surface area contributed by atoms with Gasteiger partial charge in [0.15, 0.2) is 10.6 Å². The molecule has 2 N–H and O–H groups in total. The molecule has 0 amide bonds. The van der Waals surface area contributed by atoms with Crippen LogP contribution in [-0.4, -0.2) is 26.0 Å². The van der Waals surface area contributed by atoms with E-state index < -0.39 is 0 Å². The van der Waals surface area contributed by atoms with Gasteiger partial charge < -0.3 is 10.3 Å². The van der Waals surface area contributed by atoms with Crippen molar-refractivity contribution >= 4 is 50.0 Å². The summed E-state index contributed by atoms with van der Waals surface area (Å²) in [7, 11) is 0. The molecule has 1 aliphatic carbocycles. The van der Waals surface area contributed by atoms with Crippen molar-refractivity contribution in [2.24, 2.45) is 0 Å². The normalized spacial score (nSPS) is 17.3. The number of hydrogen-bond acceptors (Lipinski definition) is 5. The van der Waals surface area contributed by atoms with Crippen LogP contribution in [-0.2, 0) is 12.8 Å². The van der Waals surface area contributed by atoms with Crippen molar-refractivity contribution in [1.82, 2.24) is 19.9 Å². The second-order valence-electron chi connectivity index (χ2n) is 6.06. The summed E-state index contributed by atoms with van der Waals surface area (Å²) in [5, 5.41) is 5.12. The predicted molar refractivity (Wildman–Crippen MR) is 98.0 cm³/mol.